The van der Waals surface area contributed by atoms with Crippen LogP contribution in [0.25, 0.3) is 0 Å². The number of ether oxygens (including phenoxy) is 2. The Hall–Kier alpha value is -2.47. The lowest BCUT2D eigenvalue weighted by molar-refractivity contribution is -0.0262. The van der Waals surface area contributed by atoms with E-state index in [1.165, 1.54) is 23.6 Å². The highest BCUT2D eigenvalue weighted by Crippen LogP contribution is 2.26. The van der Waals surface area contributed by atoms with Gasteiger partial charge >= 0.3 is 10.2 Å². The number of aromatic nitrogens is 1. The number of carbonyl (C=O) groups is 1. The van der Waals surface area contributed by atoms with Crippen LogP contribution < -0.4 is 10.0 Å². The Morgan fingerprint density at radius 1 is 1.21 bits per heavy atom. The lowest BCUT2D eigenvalue weighted by atomic mass is 9.86. The number of nitrogens with one attached hydrogen (secondary N) is 2. The van der Waals surface area contributed by atoms with E-state index in [4.69, 9.17) is 13.9 Å². The van der Waals surface area contributed by atoms with Gasteiger partial charge in [0.15, 0.2) is 5.69 Å². The first kappa shape index (κ1) is 24.6. The molecule has 186 valence electrons. The lowest BCUT2D eigenvalue weighted by Crippen LogP contribution is -2.44. The van der Waals surface area contributed by atoms with Crippen molar-refractivity contribution in [1.82, 2.24) is 14.0 Å². The molecule has 1 amide bonds. The number of anilines is 2. The van der Waals surface area contributed by atoms with E-state index >= 15 is 0 Å². The van der Waals surface area contributed by atoms with Crippen LogP contribution >= 0.6 is 0 Å². The van der Waals surface area contributed by atoms with Crippen molar-refractivity contribution in [2.75, 3.05) is 38.2 Å². The van der Waals surface area contributed by atoms with Crippen LogP contribution in [0.4, 0.5) is 11.7 Å². The Kier molecular flexibility index (Phi) is 7.87. The quantitative estimate of drug-likeness (QED) is 0.548. The van der Waals surface area contributed by atoms with E-state index in [9.17, 15) is 13.2 Å². The number of rotatable bonds is 9. The minimum atomic E-state index is -4.06. The summed E-state index contributed by atoms with van der Waals surface area (Å²) in [5, 5.41) is 3.01. The Balaban J connectivity index is 1.29. The van der Waals surface area contributed by atoms with Gasteiger partial charge in [0, 0.05) is 25.4 Å². The summed E-state index contributed by atoms with van der Waals surface area (Å²) in [7, 11) is -4.06. The van der Waals surface area contributed by atoms with Gasteiger partial charge in [0.1, 0.15) is 6.26 Å². The summed E-state index contributed by atoms with van der Waals surface area (Å²) >= 11 is 0. The van der Waals surface area contributed by atoms with Crippen LogP contribution in [0.15, 0.2) is 28.9 Å². The molecule has 1 unspecified atom stereocenters. The molecule has 11 heteroatoms. The number of amides is 1. The molecule has 1 atom stereocenters. The van der Waals surface area contributed by atoms with Gasteiger partial charge in [-0.05, 0) is 56.2 Å². The van der Waals surface area contributed by atoms with Crippen molar-refractivity contribution in [1.29, 1.82) is 0 Å². The van der Waals surface area contributed by atoms with Gasteiger partial charge < -0.3 is 19.2 Å². The number of hydrogen-bond acceptors (Lipinski definition) is 8. The average molecular weight is 493 g/mol. The van der Waals surface area contributed by atoms with Gasteiger partial charge in [-0.15, -0.1) is 0 Å². The third-order valence-electron chi connectivity index (χ3n) is 6.21. The second-order valence-electron chi connectivity index (χ2n) is 8.93. The molecule has 1 aliphatic heterocycles. The van der Waals surface area contributed by atoms with Crippen molar-refractivity contribution >= 4 is 27.8 Å². The monoisotopic (exact) mass is 492 g/mol. The topological polar surface area (TPSA) is 123 Å². The second-order valence-corrected chi connectivity index (χ2v) is 10.6. The van der Waals surface area contributed by atoms with Crippen molar-refractivity contribution < 1.29 is 27.1 Å². The molecular weight excluding hydrogens is 460 g/mol. The SMILES string of the molecule is Cc1ccc(C)c(Nc2nc(C(=O)NS(=O)(=O)N3CCOC(COCC4CCC4)CC3)co2)c1. The Morgan fingerprint density at radius 3 is 2.79 bits per heavy atom. The summed E-state index contributed by atoms with van der Waals surface area (Å²) in [6, 6.07) is 5.97. The second kappa shape index (κ2) is 10.9. The fourth-order valence-electron chi connectivity index (χ4n) is 3.86. The van der Waals surface area contributed by atoms with Crippen LogP contribution in [-0.4, -0.2) is 62.6 Å². The van der Waals surface area contributed by atoms with E-state index in [1.54, 1.807) is 0 Å². The van der Waals surface area contributed by atoms with Gasteiger partial charge in [-0.3, -0.25) is 4.79 Å². The van der Waals surface area contributed by atoms with E-state index in [0.717, 1.165) is 29.7 Å². The fourth-order valence-corrected chi connectivity index (χ4v) is 4.99. The summed E-state index contributed by atoms with van der Waals surface area (Å²) < 4.78 is 45.7. The number of hydrogen-bond donors (Lipinski definition) is 2. The first-order valence-corrected chi connectivity index (χ1v) is 13.1. The minimum absolute atomic E-state index is 0.101. The summed E-state index contributed by atoms with van der Waals surface area (Å²) in [5.41, 5.74) is 2.69. The van der Waals surface area contributed by atoms with Crippen molar-refractivity contribution in [3.05, 3.63) is 41.3 Å². The van der Waals surface area contributed by atoms with Gasteiger partial charge in [0.2, 0.25) is 0 Å². The van der Waals surface area contributed by atoms with Crippen LogP contribution in [0.1, 0.15) is 47.3 Å². The van der Waals surface area contributed by atoms with Gasteiger partial charge in [-0.1, -0.05) is 18.6 Å². The van der Waals surface area contributed by atoms with Gasteiger partial charge in [-0.2, -0.15) is 17.7 Å². The maximum atomic E-state index is 12.8. The van der Waals surface area contributed by atoms with Gasteiger partial charge in [-0.25, -0.2) is 4.72 Å². The largest absolute Gasteiger partial charge is 0.431 e. The predicted octanol–water partition coefficient (Wildman–Crippen LogP) is 2.92. The van der Waals surface area contributed by atoms with E-state index in [0.29, 0.717) is 18.9 Å². The zero-order chi connectivity index (χ0) is 24.1. The van der Waals surface area contributed by atoms with Gasteiger partial charge in [0.05, 0.1) is 19.3 Å². The summed E-state index contributed by atoms with van der Waals surface area (Å²) in [6.07, 6.45) is 5.15. The molecule has 2 fully saturated rings. The first-order valence-electron chi connectivity index (χ1n) is 11.6. The third-order valence-corrected chi connectivity index (χ3v) is 7.70. The molecule has 34 heavy (non-hydrogen) atoms. The molecule has 0 bridgehead atoms. The maximum Gasteiger partial charge on any atom is 0.304 e. The van der Waals surface area contributed by atoms with Crippen LogP contribution in [0.5, 0.6) is 0 Å². The van der Waals surface area contributed by atoms with Crippen LogP contribution in [0, 0.1) is 19.8 Å². The number of aryl methyl sites for hydroxylation is 2. The first-order chi connectivity index (χ1) is 16.3. The van der Waals surface area contributed by atoms with E-state index < -0.39 is 16.1 Å². The van der Waals surface area contributed by atoms with Crippen LogP contribution in [-0.2, 0) is 19.7 Å². The molecule has 1 saturated heterocycles. The maximum absolute atomic E-state index is 12.8. The Labute approximate surface area is 200 Å². The zero-order valence-electron chi connectivity index (χ0n) is 19.6. The number of oxazole rings is 1. The fraction of sp³-hybridized carbons (Fsp3) is 0.565. The summed E-state index contributed by atoms with van der Waals surface area (Å²) in [6.45, 7) is 5.70. The summed E-state index contributed by atoms with van der Waals surface area (Å²) in [4.78, 5) is 16.6. The Morgan fingerprint density at radius 2 is 2.03 bits per heavy atom. The average Bonchev–Trinajstić information content (AvgIpc) is 3.09. The molecule has 0 radical (unpaired) electrons. The molecule has 0 spiro atoms. The van der Waals surface area contributed by atoms with Crippen molar-refractivity contribution in [3.8, 4) is 0 Å². The highest BCUT2D eigenvalue weighted by molar-refractivity contribution is 7.87. The molecule has 1 aliphatic carbocycles. The standard InChI is InChI=1S/C23H32N4O6S/c1-16-6-7-17(2)20(12-16)24-23-25-21(15-33-23)22(28)26-34(29,30)27-9-8-19(32-11-10-27)14-31-13-18-4-3-5-18/h6-7,12,15,18-19H,3-5,8-11,13-14H2,1-2H3,(H,24,25)(H,26,28). The molecule has 10 nitrogen and oxygen atoms in total. The molecule has 2 aromatic rings. The molecule has 4 rings (SSSR count). The minimum Gasteiger partial charge on any atom is -0.431 e. The molecule has 2 aliphatic rings. The Bertz CT molecular complexity index is 1100. The van der Waals surface area contributed by atoms with E-state index in [2.05, 4.69) is 15.0 Å². The third kappa shape index (κ3) is 6.35. The molecule has 1 aromatic heterocycles. The van der Waals surface area contributed by atoms with Gasteiger partial charge in [0.25, 0.3) is 11.9 Å². The normalized spacial score (nSPS) is 19.9. The molecule has 1 saturated carbocycles. The summed E-state index contributed by atoms with van der Waals surface area (Å²) in [5.74, 6) is -0.214. The molecular formula is C23H32N4O6S. The number of nitrogens with zero attached hydrogens (tertiary/aromatic N) is 2. The molecule has 2 heterocycles. The highest BCUT2D eigenvalue weighted by Gasteiger charge is 2.29. The van der Waals surface area contributed by atoms with Crippen LogP contribution in [0.2, 0.25) is 0 Å². The highest BCUT2D eigenvalue weighted by atomic mass is 32.2. The van der Waals surface area contributed by atoms with Crippen molar-refractivity contribution in [2.24, 2.45) is 5.92 Å². The van der Waals surface area contributed by atoms with Crippen LogP contribution in [0.3, 0.4) is 0 Å². The van der Waals surface area contributed by atoms with E-state index in [-0.39, 0.29) is 37.5 Å². The van der Waals surface area contributed by atoms with Crippen molar-refractivity contribution in [3.63, 3.8) is 0 Å². The molecule has 1 aromatic carbocycles. The molecule has 2 N–H and O–H groups in total. The predicted molar refractivity (Wildman–Crippen MR) is 126 cm³/mol. The van der Waals surface area contributed by atoms with E-state index in [1.807, 2.05) is 32.0 Å². The number of carbonyl (C=O) groups excluding carboxylic acids is 1. The lowest BCUT2D eigenvalue weighted by Gasteiger charge is -2.26. The smallest absolute Gasteiger partial charge is 0.304 e. The van der Waals surface area contributed by atoms with Crippen molar-refractivity contribution in [2.45, 2.75) is 45.6 Å². The number of benzene rings is 1. The zero-order valence-corrected chi connectivity index (χ0v) is 20.4.